The van der Waals surface area contributed by atoms with Crippen molar-refractivity contribution in [1.82, 2.24) is 10.2 Å². The van der Waals surface area contributed by atoms with Crippen LogP contribution in [0.4, 0.5) is 10.8 Å². The van der Waals surface area contributed by atoms with E-state index in [-0.39, 0.29) is 32.6 Å². The van der Waals surface area contributed by atoms with Crippen LogP contribution in [0.5, 0.6) is 5.75 Å². The SMILES string of the molecule is Cc1ccc(Cc2nnc(NC(=O)/C(C#N)=C/c3ccccc3OS(=O)(=O)c3ccc([N+](=O)[O-])cc3)s2)cc1. The van der Waals surface area contributed by atoms with E-state index < -0.39 is 20.9 Å². The summed E-state index contributed by atoms with van der Waals surface area (Å²) in [7, 11) is -4.37. The van der Waals surface area contributed by atoms with E-state index in [9.17, 15) is 28.6 Å². The van der Waals surface area contributed by atoms with Gasteiger partial charge in [0.2, 0.25) is 5.13 Å². The first-order valence-corrected chi connectivity index (χ1v) is 13.5. The van der Waals surface area contributed by atoms with Gasteiger partial charge in [0.15, 0.2) is 0 Å². The fourth-order valence-corrected chi connectivity index (χ4v) is 5.02. The summed E-state index contributed by atoms with van der Waals surface area (Å²) in [5.74, 6) is -0.906. The van der Waals surface area contributed by atoms with Crippen molar-refractivity contribution in [3.05, 3.63) is 110 Å². The van der Waals surface area contributed by atoms with Crippen LogP contribution in [0.25, 0.3) is 6.08 Å². The molecule has 1 N–H and O–H groups in total. The largest absolute Gasteiger partial charge is 0.378 e. The first-order valence-electron chi connectivity index (χ1n) is 11.2. The summed E-state index contributed by atoms with van der Waals surface area (Å²) >= 11 is 1.17. The van der Waals surface area contributed by atoms with Crippen molar-refractivity contribution in [3.63, 3.8) is 0 Å². The second kappa shape index (κ2) is 11.6. The number of anilines is 1. The lowest BCUT2D eigenvalue weighted by atomic mass is 10.1. The predicted molar refractivity (Wildman–Crippen MR) is 143 cm³/mol. The Bertz CT molecular complexity index is 1710. The van der Waals surface area contributed by atoms with Crippen LogP contribution in [-0.4, -0.2) is 29.4 Å². The average molecular weight is 562 g/mol. The van der Waals surface area contributed by atoms with Crippen LogP contribution in [0.2, 0.25) is 0 Å². The van der Waals surface area contributed by atoms with Gasteiger partial charge in [0.05, 0.1) is 4.92 Å². The van der Waals surface area contributed by atoms with E-state index in [2.05, 4.69) is 15.5 Å². The molecule has 39 heavy (non-hydrogen) atoms. The van der Waals surface area contributed by atoms with Crippen molar-refractivity contribution >= 4 is 44.3 Å². The number of nitrogens with one attached hydrogen (secondary N) is 1. The lowest BCUT2D eigenvalue weighted by Crippen LogP contribution is -2.14. The Morgan fingerprint density at radius 3 is 2.46 bits per heavy atom. The molecule has 0 bridgehead atoms. The number of carbonyl (C=O) groups excluding carboxylic acids is 1. The molecule has 1 amide bonds. The number of rotatable bonds is 9. The Balaban J connectivity index is 1.50. The number of nitro benzene ring substituents is 1. The van der Waals surface area contributed by atoms with Crippen LogP contribution in [0.15, 0.2) is 83.3 Å². The number of aryl methyl sites for hydroxylation is 1. The molecule has 1 heterocycles. The molecule has 11 nitrogen and oxygen atoms in total. The Morgan fingerprint density at radius 2 is 1.79 bits per heavy atom. The van der Waals surface area contributed by atoms with E-state index in [4.69, 9.17) is 4.18 Å². The topological polar surface area (TPSA) is 165 Å². The van der Waals surface area contributed by atoms with Crippen LogP contribution < -0.4 is 9.50 Å². The first-order chi connectivity index (χ1) is 18.6. The fraction of sp³-hybridized carbons (Fsp3) is 0.0769. The van der Waals surface area contributed by atoms with E-state index in [1.54, 1.807) is 12.1 Å². The molecule has 4 rings (SSSR count). The van der Waals surface area contributed by atoms with Crippen LogP contribution >= 0.6 is 11.3 Å². The van der Waals surface area contributed by atoms with Crippen molar-refractivity contribution in [3.8, 4) is 11.8 Å². The van der Waals surface area contributed by atoms with E-state index in [1.165, 1.54) is 35.6 Å². The van der Waals surface area contributed by atoms with Gasteiger partial charge in [0, 0.05) is 24.1 Å². The van der Waals surface area contributed by atoms with Gasteiger partial charge in [0.1, 0.15) is 27.3 Å². The molecule has 4 aromatic rings. The normalized spacial score (nSPS) is 11.4. The van der Waals surface area contributed by atoms with Crippen LogP contribution in [0.3, 0.4) is 0 Å². The van der Waals surface area contributed by atoms with E-state index in [0.29, 0.717) is 11.4 Å². The monoisotopic (exact) mass is 561 g/mol. The van der Waals surface area contributed by atoms with Gasteiger partial charge in [-0.3, -0.25) is 20.2 Å². The van der Waals surface area contributed by atoms with Crippen molar-refractivity contribution in [1.29, 1.82) is 5.26 Å². The van der Waals surface area contributed by atoms with Crippen molar-refractivity contribution in [2.75, 3.05) is 5.32 Å². The van der Waals surface area contributed by atoms with Crippen LogP contribution in [-0.2, 0) is 21.3 Å². The van der Waals surface area contributed by atoms with E-state index in [0.717, 1.165) is 35.4 Å². The zero-order chi connectivity index (χ0) is 28.0. The van der Waals surface area contributed by atoms with Gasteiger partial charge in [-0.15, -0.1) is 10.2 Å². The van der Waals surface area contributed by atoms with Crippen LogP contribution in [0.1, 0.15) is 21.7 Å². The second-order valence-electron chi connectivity index (χ2n) is 8.11. The molecule has 1 aromatic heterocycles. The van der Waals surface area contributed by atoms with Gasteiger partial charge >= 0.3 is 10.1 Å². The Kier molecular flexibility index (Phi) is 8.09. The third-order valence-corrected chi connectivity index (χ3v) is 7.37. The second-order valence-corrected chi connectivity index (χ2v) is 10.7. The van der Waals surface area contributed by atoms with Gasteiger partial charge in [-0.1, -0.05) is 59.4 Å². The van der Waals surface area contributed by atoms with Crippen molar-refractivity contribution in [2.45, 2.75) is 18.2 Å². The standard InChI is InChI=1S/C26H19N5O6S2/c1-17-6-8-18(9-7-17)14-24-29-30-26(38-24)28-25(32)20(16-27)15-19-4-2-3-5-23(19)37-39(35,36)22-12-10-21(11-13-22)31(33)34/h2-13,15H,14H2,1H3,(H,28,30,32)/b20-15+. The lowest BCUT2D eigenvalue weighted by Gasteiger charge is -2.10. The van der Waals surface area contributed by atoms with Gasteiger partial charge in [-0.2, -0.15) is 13.7 Å². The van der Waals surface area contributed by atoms with Gasteiger partial charge in [-0.05, 0) is 36.8 Å². The summed E-state index contributed by atoms with van der Waals surface area (Å²) < 4.78 is 30.7. The summed E-state index contributed by atoms with van der Waals surface area (Å²) in [4.78, 5) is 22.7. The quantitative estimate of drug-likeness (QED) is 0.101. The number of nitriles is 1. The molecule has 0 aliphatic rings. The number of nitro groups is 1. The summed E-state index contributed by atoms with van der Waals surface area (Å²) in [6.45, 7) is 1.99. The molecular formula is C26H19N5O6S2. The number of hydrogen-bond acceptors (Lipinski definition) is 10. The molecule has 196 valence electrons. The average Bonchev–Trinajstić information content (AvgIpc) is 3.35. The molecule has 0 radical (unpaired) electrons. The third kappa shape index (κ3) is 6.89. The number of non-ortho nitro benzene ring substituents is 1. The molecule has 0 saturated carbocycles. The number of nitrogens with zero attached hydrogens (tertiary/aromatic N) is 4. The summed E-state index contributed by atoms with van der Waals surface area (Å²) in [6.07, 6.45) is 1.72. The minimum atomic E-state index is -4.37. The molecule has 0 aliphatic carbocycles. The summed E-state index contributed by atoms with van der Waals surface area (Å²) in [6, 6.07) is 19.8. The molecule has 0 aliphatic heterocycles. The minimum absolute atomic E-state index is 0.145. The lowest BCUT2D eigenvalue weighted by molar-refractivity contribution is -0.384. The Hall–Kier alpha value is -4.93. The first kappa shape index (κ1) is 27.1. The smallest absolute Gasteiger partial charge is 0.339 e. The van der Waals surface area contributed by atoms with Crippen LogP contribution in [0, 0.1) is 28.4 Å². The molecule has 0 atom stereocenters. The highest BCUT2D eigenvalue weighted by molar-refractivity contribution is 7.87. The number of carbonyl (C=O) groups is 1. The molecule has 0 saturated heterocycles. The molecule has 0 spiro atoms. The fourth-order valence-electron chi connectivity index (χ4n) is 3.30. The maximum absolute atomic E-state index is 12.8. The highest BCUT2D eigenvalue weighted by Gasteiger charge is 2.20. The minimum Gasteiger partial charge on any atom is -0.378 e. The van der Waals surface area contributed by atoms with Gasteiger partial charge < -0.3 is 4.18 Å². The number of amides is 1. The molecular weight excluding hydrogens is 542 g/mol. The number of aromatic nitrogens is 2. The molecule has 0 unspecified atom stereocenters. The number of benzene rings is 3. The zero-order valence-corrected chi connectivity index (χ0v) is 21.9. The number of hydrogen-bond donors (Lipinski definition) is 1. The molecule has 3 aromatic carbocycles. The Labute approximate surface area is 227 Å². The van der Waals surface area contributed by atoms with Crippen molar-refractivity contribution in [2.24, 2.45) is 0 Å². The number of para-hydroxylation sites is 1. The van der Waals surface area contributed by atoms with E-state index >= 15 is 0 Å². The third-order valence-electron chi connectivity index (χ3n) is 5.28. The maximum atomic E-state index is 12.8. The highest BCUT2D eigenvalue weighted by Crippen LogP contribution is 2.27. The maximum Gasteiger partial charge on any atom is 0.339 e. The highest BCUT2D eigenvalue weighted by atomic mass is 32.2. The summed E-state index contributed by atoms with van der Waals surface area (Å²) in [5.41, 5.74) is 1.71. The Morgan fingerprint density at radius 1 is 1.10 bits per heavy atom. The summed E-state index contributed by atoms with van der Waals surface area (Å²) in [5, 5.41) is 31.9. The van der Waals surface area contributed by atoms with Gasteiger partial charge in [0.25, 0.3) is 11.6 Å². The van der Waals surface area contributed by atoms with Gasteiger partial charge in [-0.25, -0.2) is 0 Å². The zero-order valence-electron chi connectivity index (χ0n) is 20.3. The molecule has 0 fully saturated rings. The van der Waals surface area contributed by atoms with E-state index in [1.807, 2.05) is 31.2 Å². The molecule has 13 heteroatoms. The van der Waals surface area contributed by atoms with Crippen molar-refractivity contribution < 1.29 is 22.3 Å². The predicted octanol–water partition coefficient (Wildman–Crippen LogP) is 4.66.